The zero-order valence-corrected chi connectivity index (χ0v) is 15.3. The molecule has 1 fully saturated rings. The molecule has 0 radical (unpaired) electrons. The van der Waals surface area contributed by atoms with E-state index in [0.29, 0.717) is 0 Å². The molecule has 1 saturated heterocycles. The number of hydrogen-bond acceptors (Lipinski definition) is 4. The highest BCUT2D eigenvalue weighted by molar-refractivity contribution is 5.99. The first kappa shape index (κ1) is 19.2. The molecule has 0 aromatic heterocycles. The molecule has 0 saturated carbocycles. The van der Waals surface area contributed by atoms with Gasteiger partial charge in [-0.1, -0.05) is 18.2 Å². The summed E-state index contributed by atoms with van der Waals surface area (Å²) in [5.41, 5.74) is 3.65. The van der Waals surface area contributed by atoms with Crippen LogP contribution in [0.5, 0.6) is 0 Å². The van der Waals surface area contributed by atoms with E-state index in [4.69, 9.17) is 5.11 Å². The largest absolute Gasteiger partial charge is 0.481 e. The molecule has 0 atom stereocenters. The minimum absolute atomic E-state index is 0.0666. The van der Waals surface area contributed by atoms with Gasteiger partial charge in [-0.25, -0.2) is 0 Å². The van der Waals surface area contributed by atoms with E-state index < -0.39 is 5.97 Å². The Labute approximate surface area is 149 Å². The van der Waals surface area contributed by atoms with Gasteiger partial charge in [-0.05, 0) is 50.9 Å². The summed E-state index contributed by atoms with van der Waals surface area (Å²) in [4.78, 5) is 27.2. The van der Waals surface area contributed by atoms with Crippen molar-refractivity contribution >= 4 is 23.0 Å². The van der Waals surface area contributed by atoms with Crippen molar-refractivity contribution in [3.05, 3.63) is 35.9 Å². The van der Waals surface area contributed by atoms with E-state index in [0.717, 1.165) is 68.0 Å². The molecule has 0 unspecified atom stereocenters. The quantitative estimate of drug-likeness (QED) is 0.579. The van der Waals surface area contributed by atoms with E-state index in [1.807, 2.05) is 19.1 Å². The molecule has 1 aromatic carbocycles. The number of nitrogens with zero attached hydrogens (tertiary/aromatic N) is 2. The van der Waals surface area contributed by atoms with Crippen LogP contribution in [-0.4, -0.2) is 54.5 Å². The van der Waals surface area contributed by atoms with Crippen LogP contribution in [0.2, 0.25) is 0 Å². The highest BCUT2D eigenvalue weighted by atomic mass is 16.4. The number of allylic oxidation sites excluding steroid dienone is 1. The van der Waals surface area contributed by atoms with Crippen molar-refractivity contribution in [3.8, 4) is 0 Å². The molecule has 0 amide bonds. The SMILES string of the molecule is C=C(C)c1ccc(N2CCN(CCCCC(=O)O)CC2)cc1C(C)=O. The average molecular weight is 344 g/mol. The summed E-state index contributed by atoms with van der Waals surface area (Å²) in [6.07, 6.45) is 1.91. The van der Waals surface area contributed by atoms with Gasteiger partial charge in [0.1, 0.15) is 0 Å². The number of unbranched alkanes of at least 4 members (excludes halogenated alkanes) is 1. The van der Waals surface area contributed by atoms with Crippen molar-refractivity contribution in [1.29, 1.82) is 0 Å². The zero-order chi connectivity index (χ0) is 18.4. The van der Waals surface area contributed by atoms with E-state index >= 15 is 0 Å². The van der Waals surface area contributed by atoms with Gasteiger partial charge in [0, 0.05) is 43.9 Å². The van der Waals surface area contributed by atoms with Gasteiger partial charge in [0.15, 0.2) is 5.78 Å². The number of Topliss-reactive ketones (excluding diaryl/α,β-unsaturated/α-hetero) is 1. The lowest BCUT2D eigenvalue weighted by atomic mass is 9.98. The van der Waals surface area contributed by atoms with E-state index in [-0.39, 0.29) is 12.2 Å². The molecular formula is C20H28N2O3. The number of carboxylic acids is 1. The van der Waals surface area contributed by atoms with Crippen molar-refractivity contribution in [2.45, 2.75) is 33.1 Å². The van der Waals surface area contributed by atoms with Gasteiger partial charge in [0.25, 0.3) is 0 Å². The van der Waals surface area contributed by atoms with E-state index in [1.165, 1.54) is 0 Å². The second-order valence-corrected chi connectivity index (χ2v) is 6.75. The first-order chi connectivity index (χ1) is 11.9. The van der Waals surface area contributed by atoms with Crippen LogP contribution >= 0.6 is 0 Å². The summed E-state index contributed by atoms with van der Waals surface area (Å²) < 4.78 is 0. The monoisotopic (exact) mass is 344 g/mol. The molecule has 1 heterocycles. The van der Waals surface area contributed by atoms with Crippen molar-refractivity contribution < 1.29 is 14.7 Å². The second-order valence-electron chi connectivity index (χ2n) is 6.75. The summed E-state index contributed by atoms with van der Waals surface area (Å²) in [6.45, 7) is 12.2. The molecule has 136 valence electrons. The molecule has 0 spiro atoms. The highest BCUT2D eigenvalue weighted by Crippen LogP contribution is 2.25. The Kier molecular flexibility index (Phi) is 6.76. The first-order valence-electron chi connectivity index (χ1n) is 8.88. The van der Waals surface area contributed by atoms with Crippen LogP contribution < -0.4 is 4.90 Å². The molecule has 1 aromatic rings. The van der Waals surface area contributed by atoms with E-state index in [9.17, 15) is 9.59 Å². The number of carboxylic acid groups (broad SMARTS) is 1. The minimum Gasteiger partial charge on any atom is -0.481 e. The molecule has 1 N–H and O–H groups in total. The average Bonchev–Trinajstić information content (AvgIpc) is 2.58. The van der Waals surface area contributed by atoms with Crippen molar-refractivity contribution in [2.75, 3.05) is 37.6 Å². The third-order valence-corrected chi connectivity index (χ3v) is 4.69. The number of ketones is 1. The third-order valence-electron chi connectivity index (χ3n) is 4.69. The maximum Gasteiger partial charge on any atom is 0.303 e. The van der Waals surface area contributed by atoms with Gasteiger partial charge in [-0.2, -0.15) is 0 Å². The fraction of sp³-hybridized carbons (Fsp3) is 0.500. The predicted molar refractivity (Wildman–Crippen MR) is 101 cm³/mol. The Hall–Kier alpha value is -2.14. The standard InChI is InChI=1S/C20H28N2O3/c1-15(2)18-8-7-17(14-19(18)16(3)23)22-12-10-21(11-13-22)9-5-4-6-20(24)25/h7-8,14H,1,4-6,9-13H2,2-3H3,(H,24,25). The van der Waals surface area contributed by atoms with Crippen molar-refractivity contribution in [1.82, 2.24) is 4.90 Å². The number of anilines is 1. The molecule has 5 nitrogen and oxygen atoms in total. The Bertz CT molecular complexity index is 646. The molecule has 25 heavy (non-hydrogen) atoms. The highest BCUT2D eigenvalue weighted by Gasteiger charge is 2.18. The number of hydrogen-bond donors (Lipinski definition) is 1. The van der Waals surface area contributed by atoms with Gasteiger partial charge >= 0.3 is 5.97 Å². The lowest BCUT2D eigenvalue weighted by molar-refractivity contribution is -0.137. The fourth-order valence-electron chi connectivity index (χ4n) is 3.23. The van der Waals surface area contributed by atoms with Gasteiger partial charge in [-0.3, -0.25) is 14.5 Å². The van der Waals surface area contributed by atoms with Crippen LogP contribution in [0, 0.1) is 0 Å². The lowest BCUT2D eigenvalue weighted by Crippen LogP contribution is -2.46. The Morgan fingerprint density at radius 1 is 1.08 bits per heavy atom. The Morgan fingerprint density at radius 3 is 2.32 bits per heavy atom. The van der Waals surface area contributed by atoms with Crippen LogP contribution in [0.3, 0.4) is 0 Å². The number of carbonyl (C=O) groups is 2. The van der Waals surface area contributed by atoms with Gasteiger partial charge < -0.3 is 10.0 Å². The number of aliphatic carboxylic acids is 1. The smallest absolute Gasteiger partial charge is 0.303 e. The van der Waals surface area contributed by atoms with Crippen LogP contribution in [0.25, 0.3) is 5.57 Å². The van der Waals surface area contributed by atoms with E-state index in [1.54, 1.807) is 6.92 Å². The number of piperazine rings is 1. The van der Waals surface area contributed by atoms with Gasteiger partial charge in [0.2, 0.25) is 0 Å². The fourth-order valence-corrected chi connectivity index (χ4v) is 3.23. The number of rotatable bonds is 8. The minimum atomic E-state index is -0.718. The first-order valence-corrected chi connectivity index (χ1v) is 8.88. The summed E-state index contributed by atoms with van der Waals surface area (Å²) in [7, 11) is 0. The summed E-state index contributed by atoms with van der Waals surface area (Å²) >= 11 is 0. The Morgan fingerprint density at radius 2 is 1.76 bits per heavy atom. The molecule has 1 aliphatic rings. The van der Waals surface area contributed by atoms with Crippen LogP contribution in [0.15, 0.2) is 24.8 Å². The molecule has 5 heteroatoms. The summed E-state index contributed by atoms with van der Waals surface area (Å²) in [5.74, 6) is -0.652. The second kappa shape index (κ2) is 8.81. The zero-order valence-electron chi connectivity index (χ0n) is 15.3. The summed E-state index contributed by atoms with van der Waals surface area (Å²) in [5, 5.41) is 8.68. The van der Waals surface area contributed by atoms with Crippen LogP contribution in [0.4, 0.5) is 5.69 Å². The number of benzene rings is 1. The molecular weight excluding hydrogens is 316 g/mol. The third kappa shape index (κ3) is 5.43. The van der Waals surface area contributed by atoms with Crippen molar-refractivity contribution in [3.63, 3.8) is 0 Å². The molecule has 0 aliphatic carbocycles. The summed E-state index contributed by atoms with van der Waals surface area (Å²) in [6, 6.07) is 6.04. The van der Waals surface area contributed by atoms with E-state index in [2.05, 4.69) is 22.4 Å². The topological polar surface area (TPSA) is 60.9 Å². The lowest BCUT2D eigenvalue weighted by Gasteiger charge is -2.36. The number of carbonyl (C=O) groups excluding carboxylic acids is 1. The molecule has 1 aliphatic heterocycles. The normalized spacial score (nSPS) is 15.2. The Balaban J connectivity index is 1.92. The van der Waals surface area contributed by atoms with Gasteiger partial charge in [-0.15, -0.1) is 0 Å². The maximum absolute atomic E-state index is 11.9. The van der Waals surface area contributed by atoms with Crippen molar-refractivity contribution in [2.24, 2.45) is 0 Å². The predicted octanol–water partition coefficient (Wildman–Crippen LogP) is 3.30. The van der Waals surface area contributed by atoms with Crippen LogP contribution in [-0.2, 0) is 4.79 Å². The van der Waals surface area contributed by atoms with Crippen LogP contribution in [0.1, 0.15) is 49.0 Å². The van der Waals surface area contributed by atoms with Gasteiger partial charge in [0.05, 0.1) is 0 Å². The molecule has 2 rings (SSSR count). The molecule has 0 bridgehead atoms. The maximum atomic E-state index is 11.9.